The zero-order valence-corrected chi connectivity index (χ0v) is 16.2. The van der Waals surface area contributed by atoms with Crippen molar-refractivity contribution in [3.8, 4) is 5.75 Å². The van der Waals surface area contributed by atoms with E-state index in [-0.39, 0.29) is 5.91 Å². The number of amides is 1. The summed E-state index contributed by atoms with van der Waals surface area (Å²) in [5.74, 6) is 0.657. The second-order valence-corrected chi connectivity index (χ2v) is 6.62. The fraction of sp³-hybridized carbons (Fsp3) is 0.500. The molecule has 2 heterocycles. The Morgan fingerprint density at radius 3 is 2.93 bits per heavy atom. The molecule has 1 aliphatic rings. The lowest BCUT2D eigenvalue weighted by Crippen LogP contribution is -2.29. The van der Waals surface area contributed by atoms with E-state index in [4.69, 9.17) is 4.74 Å². The zero-order chi connectivity index (χ0) is 19.1. The first kappa shape index (κ1) is 19.4. The maximum absolute atomic E-state index is 12.6. The third kappa shape index (κ3) is 4.87. The number of rotatable bonds is 9. The van der Waals surface area contributed by atoms with E-state index in [0.29, 0.717) is 25.4 Å². The van der Waals surface area contributed by atoms with Gasteiger partial charge in [-0.3, -0.25) is 9.89 Å². The van der Waals surface area contributed by atoms with Gasteiger partial charge >= 0.3 is 0 Å². The number of fused-ring (bicyclic) bond motifs is 1. The van der Waals surface area contributed by atoms with Crippen LogP contribution in [0.25, 0.3) is 0 Å². The zero-order valence-electron chi connectivity index (χ0n) is 16.2. The van der Waals surface area contributed by atoms with E-state index in [1.165, 1.54) is 0 Å². The first-order valence-electron chi connectivity index (χ1n) is 9.71. The highest BCUT2D eigenvalue weighted by molar-refractivity contribution is 5.94. The van der Waals surface area contributed by atoms with Crippen LogP contribution in [-0.2, 0) is 19.5 Å². The van der Waals surface area contributed by atoms with Crippen molar-refractivity contribution in [1.29, 1.82) is 0 Å². The van der Waals surface area contributed by atoms with Crippen LogP contribution in [0.2, 0.25) is 0 Å². The molecule has 3 rings (SSSR count). The van der Waals surface area contributed by atoms with Gasteiger partial charge < -0.3 is 20.3 Å². The first-order chi connectivity index (χ1) is 13.2. The van der Waals surface area contributed by atoms with Crippen molar-refractivity contribution >= 4 is 5.91 Å². The topological polar surface area (TPSA) is 82.3 Å². The molecule has 2 aromatic rings. The molecular formula is C20H29N5O2. The molecule has 0 atom stereocenters. The van der Waals surface area contributed by atoms with Gasteiger partial charge in [0.05, 0.1) is 0 Å². The third-order valence-electron chi connectivity index (χ3n) is 4.99. The largest absolute Gasteiger partial charge is 0.492 e. The fourth-order valence-electron chi connectivity index (χ4n) is 3.29. The molecule has 27 heavy (non-hydrogen) atoms. The van der Waals surface area contributed by atoms with Crippen LogP contribution < -0.4 is 15.4 Å². The Bertz CT molecular complexity index is 755. The molecule has 0 fully saturated rings. The van der Waals surface area contributed by atoms with Gasteiger partial charge in [0.1, 0.15) is 12.4 Å². The smallest absolute Gasteiger partial charge is 0.272 e. The Kier molecular flexibility index (Phi) is 6.84. The number of benzene rings is 1. The fourth-order valence-corrected chi connectivity index (χ4v) is 3.29. The summed E-state index contributed by atoms with van der Waals surface area (Å²) in [6.07, 6.45) is 0.874. The van der Waals surface area contributed by atoms with E-state index in [1.807, 2.05) is 24.3 Å². The second kappa shape index (κ2) is 9.53. The summed E-state index contributed by atoms with van der Waals surface area (Å²) in [4.78, 5) is 14.9. The van der Waals surface area contributed by atoms with E-state index < -0.39 is 0 Å². The first-order valence-corrected chi connectivity index (χ1v) is 9.71. The van der Waals surface area contributed by atoms with Crippen LogP contribution in [0.5, 0.6) is 5.75 Å². The van der Waals surface area contributed by atoms with Gasteiger partial charge in [-0.2, -0.15) is 5.10 Å². The quantitative estimate of drug-likeness (QED) is 0.625. The van der Waals surface area contributed by atoms with Crippen LogP contribution >= 0.6 is 0 Å². The summed E-state index contributed by atoms with van der Waals surface area (Å²) in [5, 5.41) is 13.4. The molecule has 0 unspecified atom stereocenters. The van der Waals surface area contributed by atoms with Gasteiger partial charge in [0.15, 0.2) is 5.69 Å². The van der Waals surface area contributed by atoms with Gasteiger partial charge in [0.2, 0.25) is 0 Å². The molecule has 0 aliphatic carbocycles. The second-order valence-electron chi connectivity index (χ2n) is 6.62. The van der Waals surface area contributed by atoms with Gasteiger partial charge in [0, 0.05) is 49.4 Å². The molecule has 3 N–H and O–H groups in total. The van der Waals surface area contributed by atoms with Crippen LogP contribution in [0, 0.1) is 0 Å². The molecule has 0 saturated carbocycles. The molecule has 7 heteroatoms. The number of H-pyrrole nitrogens is 1. The predicted octanol–water partition coefficient (Wildman–Crippen LogP) is 1.71. The number of ether oxygens (including phenoxy) is 1. The standard InChI is InChI=1S/C20H29N5O2/c1-3-25(4-2)11-12-27-18-8-6-5-7-15(18)13-22-20(26)19-16-14-21-10-9-17(16)23-24-19/h5-8,21H,3-4,9-14H2,1-2H3,(H,22,26)(H,23,24). The Morgan fingerprint density at radius 1 is 1.30 bits per heavy atom. The summed E-state index contributed by atoms with van der Waals surface area (Å²) in [6.45, 7) is 9.85. The summed E-state index contributed by atoms with van der Waals surface area (Å²) < 4.78 is 5.96. The minimum absolute atomic E-state index is 0.158. The highest BCUT2D eigenvalue weighted by atomic mass is 16.5. The molecule has 0 saturated heterocycles. The summed E-state index contributed by atoms with van der Waals surface area (Å²) in [5.41, 5.74) is 3.48. The Balaban J connectivity index is 1.58. The van der Waals surface area contributed by atoms with Gasteiger partial charge in [0.25, 0.3) is 5.91 Å². The van der Waals surface area contributed by atoms with Crippen LogP contribution in [0.15, 0.2) is 24.3 Å². The highest BCUT2D eigenvalue weighted by Gasteiger charge is 2.21. The van der Waals surface area contributed by atoms with E-state index >= 15 is 0 Å². The van der Waals surface area contributed by atoms with Crippen LogP contribution in [-0.4, -0.2) is 53.8 Å². The number of nitrogens with one attached hydrogen (secondary N) is 3. The summed E-state index contributed by atoms with van der Waals surface area (Å²) in [6, 6.07) is 7.84. The molecule has 0 radical (unpaired) electrons. The van der Waals surface area contributed by atoms with Crippen molar-refractivity contribution in [2.24, 2.45) is 0 Å². The minimum atomic E-state index is -0.158. The lowest BCUT2D eigenvalue weighted by atomic mass is 10.1. The maximum Gasteiger partial charge on any atom is 0.272 e. The van der Waals surface area contributed by atoms with E-state index in [0.717, 1.165) is 55.2 Å². The number of hydrogen-bond acceptors (Lipinski definition) is 5. The third-order valence-corrected chi connectivity index (χ3v) is 4.99. The number of nitrogens with zero attached hydrogens (tertiary/aromatic N) is 2. The molecule has 0 bridgehead atoms. The number of carbonyl (C=O) groups is 1. The van der Waals surface area contributed by atoms with E-state index in [9.17, 15) is 4.79 Å². The van der Waals surface area contributed by atoms with E-state index in [2.05, 4.69) is 39.6 Å². The molecule has 7 nitrogen and oxygen atoms in total. The molecule has 1 aromatic carbocycles. The highest BCUT2D eigenvalue weighted by Crippen LogP contribution is 2.19. The number of aromatic amines is 1. The van der Waals surface area contributed by atoms with Gasteiger partial charge in [-0.25, -0.2) is 0 Å². The summed E-state index contributed by atoms with van der Waals surface area (Å²) in [7, 11) is 0. The maximum atomic E-state index is 12.6. The number of aromatic nitrogens is 2. The Hall–Kier alpha value is -2.38. The number of para-hydroxylation sites is 1. The predicted molar refractivity (Wildman–Crippen MR) is 105 cm³/mol. The minimum Gasteiger partial charge on any atom is -0.492 e. The van der Waals surface area contributed by atoms with Crippen molar-refractivity contribution in [3.05, 3.63) is 46.8 Å². The van der Waals surface area contributed by atoms with Gasteiger partial charge in [-0.15, -0.1) is 0 Å². The van der Waals surface area contributed by atoms with Gasteiger partial charge in [-0.05, 0) is 19.2 Å². The molecule has 146 valence electrons. The number of hydrogen-bond donors (Lipinski definition) is 3. The van der Waals surface area contributed by atoms with Crippen molar-refractivity contribution in [2.75, 3.05) is 32.8 Å². The van der Waals surface area contributed by atoms with Crippen LogP contribution in [0.1, 0.15) is 41.2 Å². The molecule has 1 aliphatic heterocycles. The molecule has 0 spiro atoms. The number of likely N-dealkylation sites (N-methyl/N-ethyl adjacent to an activating group) is 1. The lowest BCUT2D eigenvalue weighted by Gasteiger charge is -2.19. The van der Waals surface area contributed by atoms with E-state index in [1.54, 1.807) is 0 Å². The lowest BCUT2D eigenvalue weighted by molar-refractivity contribution is 0.0944. The van der Waals surface area contributed by atoms with Crippen molar-refractivity contribution in [1.82, 2.24) is 25.7 Å². The van der Waals surface area contributed by atoms with Crippen LogP contribution in [0.4, 0.5) is 0 Å². The molecule has 1 amide bonds. The molecule has 1 aromatic heterocycles. The summed E-state index contributed by atoms with van der Waals surface area (Å²) >= 11 is 0. The number of carbonyl (C=O) groups excluding carboxylic acids is 1. The van der Waals surface area contributed by atoms with Crippen molar-refractivity contribution < 1.29 is 9.53 Å². The van der Waals surface area contributed by atoms with Crippen molar-refractivity contribution in [2.45, 2.75) is 33.4 Å². The van der Waals surface area contributed by atoms with Crippen molar-refractivity contribution in [3.63, 3.8) is 0 Å². The molecular weight excluding hydrogens is 342 g/mol. The monoisotopic (exact) mass is 371 g/mol. The SMILES string of the molecule is CCN(CC)CCOc1ccccc1CNC(=O)c1n[nH]c2c1CNCC2. The average Bonchev–Trinajstić information content (AvgIpc) is 3.14. The Morgan fingerprint density at radius 2 is 2.11 bits per heavy atom. The normalized spacial score (nSPS) is 13.4. The van der Waals surface area contributed by atoms with Crippen LogP contribution in [0.3, 0.4) is 0 Å². The average molecular weight is 371 g/mol. The van der Waals surface area contributed by atoms with Gasteiger partial charge in [-0.1, -0.05) is 32.0 Å². The Labute approximate surface area is 160 Å².